The predicted molar refractivity (Wildman–Crippen MR) is 100 cm³/mol. The zero-order valence-corrected chi connectivity index (χ0v) is 15.5. The third-order valence-electron chi connectivity index (χ3n) is 6.23. The highest BCUT2D eigenvalue weighted by molar-refractivity contribution is 8.00. The summed E-state index contributed by atoms with van der Waals surface area (Å²) in [5.74, 6) is -1.28. The van der Waals surface area contributed by atoms with E-state index in [1.165, 1.54) is 46.1 Å². The maximum atomic E-state index is 13.2. The summed E-state index contributed by atoms with van der Waals surface area (Å²) in [5.41, 5.74) is 1.63. The van der Waals surface area contributed by atoms with Crippen molar-refractivity contribution in [1.82, 2.24) is 4.98 Å². The number of anilines is 1. The minimum Gasteiger partial charge on any atom is -0.307 e. The fraction of sp³-hybridized carbons (Fsp3) is 0.316. The number of fused-ring (bicyclic) bond motifs is 9. The second kappa shape index (κ2) is 5.20. The molecule has 8 heteroatoms. The highest BCUT2D eigenvalue weighted by Gasteiger charge is 2.66. The summed E-state index contributed by atoms with van der Waals surface area (Å²) in [4.78, 5) is 42.9. The smallest absolute Gasteiger partial charge is 0.305 e. The van der Waals surface area contributed by atoms with Gasteiger partial charge in [-0.05, 0) is 48.6 Å². The van der Waals surface area contributed by atoms with E-state index in [1.54, 1.807) is 11.8 Å². The van der Waals surface area contributed by atoms with E-state index in [0.717, 1.165) is 16.3 Å². The topological polar surface area (TPSA) is 70.2 Å². The Labute approximate surface area is 161 Å². The van der Waals surface area contributed by atoms with Crippen LogP contribution in [0, 0.1) is 29.5 Å². The summed E-state index contributed by atoms with van der Waals surface area (Å²) in [5, 5.41) is 1.01. The van der Waals surface area contributed by atoms with Crippen LogP contribution in [0.3, 0.4) is 0 Å². The third kappa shape index (κ3) is 1.97. The van der Waals surface area contributed by atoms with E-state index in [0.29, 0.717) is 5.69 Å². The number of benzene rings is 1. The van der Waals surface area contributed by atoms with Crippen molar-refractivity contribution in [2.75, 3.05) is 4.90 Å². The Morgan fingerprint density at radius 2 is 1.81 bits per heavy atom. The molecule has 1 aromatic heterocycles. The van der Waals surface area contributed by atoms with Gasteiger partial charge in [-0.15, -0.1) is 0 Å². The first kappa shape index (κ1) is 15.8. The molecule has 4 aliphatic rings. The second-order valence-electron chi connectivity index (χ2n) is 7.44. The first-order valence-electron chi connectivity index (χ1n) is 8.77. The van der Waals surface area contributed by atoms with Crippen molar-refractivity contribution in [2.45, 2.75) is 16.7 Å². The van der Waals surface area contributed by atoms with Gasteiger partial charge in [0.2, 0.25) is 11.8 Å². The fourth-order valence-corrected chi connectivity index (χ4v) is 7.70. The number of amides is 2. The zero-order chi connectivity index (χ0) is 18.4. The Morgan fingerprint density at radius 1 is 1.07 bits per heavy atom. The van der Waals surface area contributed by atoms with E-state index >= 15 is 0 Å². The lowest BCUT2D eigenvalue weighted by molar-refractivity contribution is -0.123. The maximum Gasteiger partial charge on any atom is 0.305 e. The molecule has 1 N–H and O–H groups in total. The summed E-state index contributed by atoms with van der Waals surface area (Å²) in [6, 6.07) is 5.51. The van der Waals surface area contributed by atoms with Crippen LogP contribution in [0.2, 0.25) is 0 Å². The lowest BCUT2D eigenvalue weighted by Crippen LogP contribution is -2.34. The quantitative estimate of drug-likeness (QED) is 0.748. The highest BCUT2D eigenvalue weighted by atomic mass is 32.2. The lowest BCUT2D eigenvalue weighted by atomic mass is 9.77. The van der Waals surface area contributed by atoms with Gasteiger partial charge in [0.15, 0.2) is 0 Å². The van der Waals surface area contributed by atoms with Gasteiger partial charge < -0.3 is 4.98 Å². The molecule has 2 amide bonds. The molecule has 5 nitrogen and oxygen atoms in total. The van der Waals surface area contributed by atoms with Crippen molar-refractivity contribution in [3.63, 3.8) is 0 Å². The average molecular weight is 400 g/mol. The van der Waals surface area contributed by atoms with E-state index in [2.05, 4.69) is 11.1 Å². The number of aromatic nitrogens is 1. The van der Waals surface area contributed by atoms with Crippen LogP contribution >= 0.6 is 23.1 Å². The number of halogens is 1. The van der Waals surface area contributed by atoms with Gasteiger partial charge in [-0.25, -0.2) is 4.39 Å². The largest absolute Gasteiger partial charge is 0.307 e. The Bertz CT molecular complexity index is 1100. The number of thiazole rings is 1. The minimum absolute atomic E-state index is 0.0461. The van der Waals surface area contributed by atoms with Crippen LogP contribution < -0.4 is 9.77 Å². The molecule has 3 fully saturated rings. The van der Waals surface area contributed by atoms with Gasteiger partial charge >= 0.3 is 4.87 Å². The molecule has 2 aliphatic heterocycles. The molecule has 1 saturated heterocycles. The summed E-state index contributed by atoms with van der Waals surface area (Å²) < 4.78 is 13.2. The fourth-order valence-electron chi connectivity index (χ4n) is 5.26. The molecule has 3 heterocycles. The predicted octanol–water partition coefficient (Wildman–Crippen LogP) is 2.89. The van der Waals surface area contributed by atoms with Crippen LogP contribution in [0.15, 0.2) is 39.7 Å². The summed E-state index contributed by atoms with van der Waals surface area (Å²) in [7, 11) is 0. The molecule has 0 spiro atoms. The normalized spacial score (nSPS) is 33.1. The molecular weight excluding hydrogens is 387 g/mol. The standard InChI is InChI=1S/C19H13FN2O3S2/c20-7-1-3-8(4-2-7)22-17(23)13-9-5-11(14(13)18(22)24)15-10(9)6-12-16(27-15)21-19(25)26-12/h1-4,6,9,11,13-15H,5H2,(H,21,25)/t9-,11-,13-,14-,15+/m0/s1. The number of H-pyrrole nitrogens is 1. The monoisotopic (exact) mass is 400 g/mol. The van der Waals surface area contributed by atoms with E-state index < -0.39 is 5.82 Å². The Kier molecular flexibility index (Phi) is 3.05. The van der Waals surface area contributed by atoms with Crippen LogP contribution in [0.1, 0.15) is 11.3 Å². The molecule has 6 rings (SSSR count). The van der Waals surface area contributed by atoms with Crippen molar-refractivity contribution in [1.29, 1.82) is 0 Å². The number of nitrogens with zero attached hydrogens (tertiary/aromatic N) is 1. The van der Waals surface area contributed by atoms with Gasteiger partial charge in [0.25, 0.3) is 0 Å². The summed E-state index contributed by atoms with van der Waals surface area (Å²) in [6.45, 7) is 0. The molecule has 1 aromatic carbocycles. The number of hydrogen-bond donors (Lipinski definition) is 1. The second-order valence-corrected chi connectivity index (χ2v) is 9.60. The minimum atomic E-state index is -0.397. The van der Waals surface area contributed by atoms with E-state index in [9.17, 15) is 18.8 Å². The molecule has 5 atom stereocenters. The van der Waals surface area contributed by atoms with Gasteiger partial charge in [0.1, 0.15) is 5.82 Å². The van der Waals surface area contributed by atoms with Crippen molar-refractivity contribution in [3.8, 4) is 0 Å². The number of nitrogens with one attached hydrogen (secondary N) is 1. The van der Waals surface area contributed by atoms with Gasteiger partial charge in [0, 0.05) is 5.25 Å². The Hall–Kier alpha value is -2.19. The first-order chi connectivity index (χ1) is 13.0. The number of carbonyl (C=O) groups is 2. The van der Waals surface area contributed by atoms with Crippen LogP contribution in [-0.2, 0) is 9.59 Å². The van der Waals surface area contributed by atoms with E-state index in [-0.39, 0.29) is 45.6 Å². The molecule has 0 radical (unpaired) electrons. The Balaban J connectivity index is 1.41. The van der Waals surface area contributed by atoms with Crippen molar-refractivity contribution in [2.24, 2.45) is 23.7 Å². The number of aromatic amines is 1. The van der Waals surface area contributed by atoms with Gasteiger partial charge in [-0.3, -0.25) is 19.3 Å². The lowest BCUT2D eigenvalue weighted by Gasteiger charge is -2.32. The average Bonchev–Trinajstić information content (AvgIpc) is 3.35. The number of hydrogen-bond acceptors (Lipinski definition) is 5. The molecule has 0 unspecified atom stereocenters. The van der Waals surface area contributed by atoms with Gasteiger partial charge in [-0.2, -0.15) is 0 Å². The number of rotatable bonds is 1. The van der Waals surface area contributed by atoms with Gasteiger partial charge in [-0.1, -0.05) is 28.7 Å². The molecule has 2 saturated carbocycles. The van der Waals surface area contributed by atoms with Crippen molar-refractivity contribution >= 4 is 46.7 Å². The SMILES string of the molecule is O=C1[C@@H]2[C@@H](C(=O)N1c1ccc(F)cc1)[C@@H]1C[C@H]2C2=Cc3sc(=O)[nH]c3S[C@H]21. The Morgan fingerprint density at radius 3 is 2.59 bits per heavy atom. The highest BCUT2D eigenvalue weighted by Crippen LogP contribution is 2.64. The maximum absolute atomic E-state index is 13.2. The molecule has 2 aliphatic carbocycles. The van der Waals surface area contributed by atoms with Crippen molar-refractivity contribution in [3.05, 3.63) is 50.2 Å². The number of thioether (sulfide) groups is 1. The van der Waals surface area contributed by atoms with Crippen LogP contribution in [-0.4, -0.2) is 22.0 Å². The molecule has 136 valence electrons. The van der Waals surface area contributed by atoms with Crippen LogP contribution in [0.5, 0.6) is 0 Å². The summed E-state index contributed by atoms with van der Waals surface area (Å²) >= 11 is 2.80. The van der Waals surface area contributed by atoms with E-state index in [4.69, 9.17) is 0 Å². The molecule has 2 aromatic rings. The zero-order valence-electron chi connectivity index (χ0n) is 13.8. The van der Waals surface area contributed by atoms with Crippen molar-refractivity contribution < 1.29 is 14.0 Å². The molecule has 27 heavy (non-hydrogen) atoms. The van der Waals surface area contributed by atoms with Crippen LogP contribution in [0.4, 0.5) is 10.1 Å². The summed E-state index contributed by atoms with van der Waals surface area (Å²) in [6.07, 6.45) is 2.89. The molecular formula is C19H13FN2O3S2. The third-order valence-corrected chi connectivity index (χ3v) is 8.63. The van der Waals surface area contributed by atoms with Gasteiger partial charge in [0.05, 0.1) is 27.4 Å². The number of imide groups is 1. The van der Waals surface area contributed by atoms with Crippen LogP contribution in [0.25, 0.3) is 6.08 Å². The van der Waals surface area contributed by atoms with E-state index in [1.807, 2.05) is 0 Å². The number of carbonyl (C=O) groups excluding carboxylic acids is 2. The first-order valence-corrected chi connectivity index (χ1v) is 10.5. The molecule has 2 bridgehead atoms.